The maximum atomic E-state index is 11.6. The Bertz CT molecular complexity index is 122. The van der Waals surface area contributed by atoms with Gasteiger partial charge in [-0.25, -0.2) is 0 Å². The summed E-state index contributed by atoms with van der Waals surface area (Å²) >= 11 is 0.677. The quantitative estimate of drug-likeness (QED) is 0.567. The standard InChI is InChI=1S/C4H3F3NS/c5-4(6,7)3-8-1-2-9-3/h2-3,8H. The third kappa shape index (κ3) is 1.54. The molecule has 5 heteroatoms. The Morgan fingerprint density at radius 3 is 2.44 bits per heavy atom. The van der Waals surface area contributed by atoms with Gasteiger partial charge in [0, 0.05) is 0 Å². The Balaban J connectivity index is 2.46. The predicted octanol–water partition coefficient (Wildman–Crippen LogP) is 1.49. The molecule has 1 rings (SSSR count). The van der Waals surface area contributed by atoms with Gasteiger partial charge in [-0.1, -0.05) is 11.8 Å². The summed E-state index contributed by atoms with van der Waals surface area (Å²) in [6, 6.07) is 0. The van der Waals surface area contributed by atoms with Crippen LogP contribution in [0.3, 0.4) is 0 Å². The second kappa shape index (κ2) is 2.13. The molecule has 9 heavy (non-hydrogen) atoms. The Labute approximate surface area is 54.3 Å². The summed E-state index contributed by atoms with van der Waals surface area (Å²) in [5, 5.41) is 1.80. The molecule has 1 radical (unpaired) electrons. The molecular weight excluding hydrogens is 151 g/mol. The molecule has 0 aromatic heterocycles. The zero-order chi connectivity index (χ0) is 6.91. The van der Waals surface area contributed by atoms with Crippen LogP contribution < -0.4 is 5.32 Å². The molecule has 1 N–H and O–H groups in total. The van der Waals surface area contributed by atoms with Crippen LogP contribution in [0.2, 0.25) is 0 Å². The highest BCUT2D eigenvalue weighted by molar-refractivity contribution is 8.02. The summed E-state index contributed by atoms with van der Waals surface area (Å²) < 4.78 is 34.9. The van der Waals surface area contributed by atoms with Crippen molar-refractivity contribution in [2.45, 2.75) is 11.6 Å². The lowest BCUT2D eigenvalue weighted by Gasteiger charge is -2.12. The lowest BCUT2D eigenvalue weighted by molar-refractivity contribution is -0.131. The molecule has 51 valence electrons. The highest BCUT2D eigenvalue weighted by Gasteiger charge is 2.40. The average molecular weight is 154 g/mol. The minimum atomic E-state index is -4.16. The molecule has 0 aromatic carbocycles. The monoisotopic (exact) mass is 154 g/mol. The first-order valence-corrected chi connectivity index (χ1v) is 3.10. The lowest BCUT2D eigenvalue weighted by atomic mass is 10.6. The van der Waals surface area contributed by atoms with Gasteiger partial charge in [-0.05, 0) is 5.41 Å². The molecule has 0 saturated heterocycles. The van der Waals surface area contributed by atoms with Crippen molar-refractivity contribution in [3.05, 3.63) is 11.6 Å². The molecular formula is C4H3F3NS. The van der Waals surface area contributed by atoms with Gasteiger partial charge >= 0.3 is 6.18 Å². The molecule has 0 bridgehead atoms. The van der Waals surface area contributed by atoms with E-state index >= 15 is 0 Å². The number of hydrogen-bond acceptors (Lipinski definition) is 2. The fourth-order valence-electron chi connectivity index (χ4n) is 0.405. The Morgan fingerprint density at radius 1 is 1.56 bits per heavy atom. The topological polar surface area (TPSA) is 12.0 Å². The minimum absolute atomic E-state index is 0.677. The first-order chi connectivity index (χ1) is 4.11. The number of rotatable bonds is 0. The molecule has 0 aliphatic carbocycles. The van der Waals surface area contributed by atoms with E-state index in [9.17, 15) is 13.2 Å². The van der Waals surface area contributed by atoms with Crippen LogP contribution >= 0.6 is 11.8 Å². The average Bonchev–Trinajstić information content (AvgIpc) is 2.08. The van der Waals surface area contributed by atoms with E-state index < -0.39 is 11.6 Å². The van der Waals surface area contributed by atoms with Crippen molar-refractivity contribution in [2.75, 3.05) is 0 Å². The molecule has 0 aromatic rings. The van der Waals surface area contributed by atoms with E-state index in [-0.39, 0.29) is 0 Å². The smallest absolute Gasteiger partial charge is 0.363 e. The predicted molar refractivity (Wildman–Crippen MR) is 28.4 cm³/mol. The number of nitrogens with one attached hydrogen (secondary N) is 1. The van der Waals surface area contributed by atoms with Gasteiger partial charge in [-0.15, -0.1) is 0 Å². The number of alkyl halides is 3. The third-order valence-corrected chi connectivity index (χ3v) is 1.69. The van der Waals surface area contributed by atoms with Crippen LogP contribution in [0.4, 0.5) is 13.2 Å². The molecule has 0 fully saturated rings. The van der Waals surface area contributed by atoms with Crippen LogP contribution in [-0.4, -0.2) is 11.6 Å². The fraction of sp³-hybridized carbons (Fsp3) is 0.500. The summed E-state index contributed by atoms with van der Waals surface area (Å²) in [4.78, 5) is 0. The first-order valence-electron chi connectivity index (χ1n) is 2.15. The summed E-state index contributed by atoms with van der Waals surface area (Å²) in [5.41, 5.74) is 0. The van der Waals surface area contributed by atoms with Crippen LogP contribution in [-0.2, 0) is 0 Å². The minimum Gasteiger partial charge on any atom is -0.363 e. The number of thioether (sulfide) groups is 1. The Kier molecular flexibility index (Phi) is 1.61. The highest BCUT2D eigenvalue weighted by atomic mass is 32.2. The summed E-state index contributed by atoms with van der Waals surface area (Å²) in [6.45, 7) is 0. The second-order valence-corrected chi connectivity index (χ2v) is 2.44. The Morgan fingerprint density at radius 2 is 2.22 bits per heavy atom. The molecule has 1 aliphatic rings. The lowest BCUT2D eigenvalue weighted by Crippen LogP contribution is -2.33. The molecule has 1 aliphatic heterocycles. The first kappa shape index (κ1) is 6.80. The fourth-order valence-corrected chi connectivity index (χ4v) is 0.967. The van der Waals surface area contributed by atoms with Crippen LogP contribution in [0.5, 0.6) is 0 Å². The van der Waals surface area contributed by atoms with E-state index in [2.05, 4.69) is 6.20 Å². The number of halogens is 3. The van der Waals surface area contributed by atoms with E-state index in [0.717, 1.165) is 0 Å². The van der Waals surface area contributed by atoms with Gasteiger partial charge in [0.1, 0.15) is 0 Å². The second-order valence-electron chi connectivity index (χ2n) is 1.46. The van der Waals surface area contributed by atoms with Gasteiger partial charge in [0.15, 0.2) is 5.37 Å². The normalized spacial score (nSPS) is 26.3. The summed E-state index contributed by atoms with van der Waals surface area (Å²) in [7, 11) is 0. The van der Waals surface area contributed by atoms with Crippen LogP contribution in [0.25, 0.3) is 0 Å². The molecule has 0 spiro atoms. The van der Waals surface area contributed by atoms with E-state index in [1.165, 1.54) is 5.41 Å². The van der Waals surface area contributed by atoms with Gasteiger partial charge < -0.3 is 5.32 Å². The van der Waals surface area contributed by atoms with Crippen molar-refractivity contribution in [1.82, 2.24) is 5.32 Å². The van der Waals surface area contributed by atoms with Crippen molar-refractivity contribution in [3.8, 4) is 0 Å². The van der Waals surface area contributed by atoms with Crippen molar-refractivity contribution < 1.29 is 13.2 Å². The zero-order valence-electron chi connectivity index (χ0n) is 4.20. The third-order valence-electron chi connectivity index (χ3n) is 0.775. The van der Waals surface area contributed by atoms with Crippen molar-refractivity contribution >= 4 is 11.8 Å². The van der Waals surface area contributed by atoms with Crippen molar-refractivity contribution in [2.24, 2.45) is 0 Å². The zero-order valence-corrected chi connectivity index (χ0v) is 5.01. The van der Waals surface area contributed by atoms with Gasteiger partial charge in [0.25, 0.3) is 0 Å². The van der Waals surface area contributed by atoms with E-state index in [0.29, 0.717) is 11.8 Å². The summed E-state index contributed by atoms with van der Waals surface area (Å²) in [6.07, 6.45) is -1.92. The maximum absolute atomic E-state index is 11.6. The molecule has 0 amide bonds. The molecule has 1 nitrogen and oxygen atoms in total. The largest absolute Gasteiger partial charge is 0.418 e. The SMILES string of the molecule is FC(F)(F)C1N[C]=CS1. The van der Waals surface area contributed by atoms with Crippen LogP contribution in [0.15, 0.2) is 5.41 Å². The molecule has 1 heterocycles. The molecule has 1 atom stereocenters. The van der Waals surface area contributed by atoms with Gasteiger partial charge in [-0.3, -0.25) is 0 Å². The number of hydrogen-bond donors (Lipinski definition) is 1. The van der Waals surface area contributed by atoms with E-state index in [1.54, 1.807) is 0 Å². The van der Waals surface area contributed by atoms with Gasteiger partial charge in [0.05, 0.1) is 6.20 Å². The van der Waals surface area contributed by atoms with Gasteiger partial charge in [-0.2, -0.15) is 13.2 Å². The van der Waals surface area contributed by atoms with Crippen molar-refractivity contribution in [3.63, 3.8) is 0 Å². The Hall–Kier alpha value is -0.320. The van der Waals surface area contributed by atoms with E-state index in [4.69, 9.17) is 0 Å². The van der Waals surface area contributed by atoms with Crippen molar-refractivity contribution in [1.29, 1.82) is 0 Å². The van der Waals surface area contributed by atoms with Crippen LogP contribution in [0, 0.1) is 6.20 Å². The van der Waals surface area contributed by atoms with Gasteiger partial charge in [0.2, 0.25) is 0 Å². The molecule has 1 unspecified atom stereocenters. The summed E-state index contributed by atoms with van der Waals surface area (Å²) in [5.74, 6) is 0. The van der Waals surface area contributed by atoms with Crippen LogP contribution in [0.1, 0.15) is 0 Å². The highest BCUT2D eigenvalue weighted by Crippen LogP contribution is 2.31. The van der Waals surface area contributed by atoms with E-state index in [1.807, 2.05) is 5.32 Å². The molecule has 0 saturated carbocycles. The maximum Gasteiger partial charge on any atom is 0.418 e.